The van der Waals surface area contributed by atoms with Gasteiger partial charge in [-0.1, -0.05) is 0 Å². The van der Waals surface area contributed by atoms with E-state index in [0.717, 1.165) is 0 Å². The Kier molecular flexibility index (Phi) is 28.9. The monoisotopic (exact) mass is 614 g/mol. The van der Waals surface area contributed by atoms with Crippen molar-refractivity contribution in [2.45, 2.75) is 0 Å². The van der Waals surface area contributed by atoms with Gasteiger partial charge in [0, 0.05) is 0 Å². The number of carboxylic acid groups (broad SMARTS) is 6. The van der Waals surface area contributed by atoms with Crippen molar-refractivity contribution >= 4 is 35.8 Å². The van der Waals surface area contributed by atoms with E-state index in [2.05, 4.69) is 0 Å². The number of hydrogen-bond donors (Lipinski definition) is 0. The number of carbonyl (C=O) groups is 6. The normalized spacial score (nSPS) is 6.60. The molecule has 0 rings (SSSR count). The molecule has 20 heavy (non-hydrogen) atoms. The molecule has 0 unspecified atom stereocenters. The number of carboxylic acids is 6. The van der Waals surface area contributed by atoms with Crippen LogP contribution in [0.15, 0.2) is 0 Å². The van der Waals surface area contributed by atoms with Gasteiger partial charge < -0.3 is 59.4 Å². The van der Waals surface area contributed by atoms with Crippen molar-refractivity contribution in [3.8, 4) is 0 Å². The summed E-state index contributed by atoms with van der Waals surface area (Å²) in [4.78, 5) is 53.6. The van der Waals surface area contributed by atoms with E-state index in [1.54, 1.807) is 0 Å². The molecule has 12 nitrogen and oxygen atoms in total. The molecule has 0 aliphatic heterocycles. The molecular formula is C6Lu2O12. The summed E-state index contributed by atoms with van der Waals surface area (Å²) >= 11 is 0. The van der Waals surface area contributed by atoms with E-state index in [9.17, 15) is 0 Å². The first-order chi connectivity index (χ1) is 7.93. The first-order valence-electron chi connectivity index (χ1n) is 3.20. The summed E-state index contributed by atoms with van der Waals surface area (Å²) in [6, 6.07) is 0. The van der Waals surface area contributed by atoms with Crippen molar-refractivity contribution in [1.29, 1.82) is 0 Å². The second kappa shape index (κ2) is 18.3. The maximum absolute atomic E-state index is 8.93. The van der Waals surface area contributed by atoms with Crippen molar-refractivity contribution in [3.05, 3.63) is 0 Å². The Labute approximate surface area is 167 Å². The van der Waals surface area contributed by atoms with Gasteiger partial charge >= 0.3 is 73.7 Å². The van der Waals surface area contributed by atoms with Gasteiger partial charge in [0.1, 0.15) is 0 Å². The minimum Gasteiger partial charge on any atom is -0.543 e. The summed E-state index contributed by atoms with van der Waals surface area (Å²) in [6.45, 7) is 0. The van der Waals surface area contributed by atoms with Crippen molar-refractivity contribution in [3.63, 3.8) is 0 Å². The standard InChI is InChI=1S/3C2H2O4.2Lu/c3*3-1(4)2(5)6;;/h3*(H,3,4)(H,5,6);;/q;;;2*+3/p-6. The topological polar surface area (TPSA) is 241 Å². The van der Waals surface area contributed by atoms with Crippen molar-refractivity contribution < 1.29 is 133 Å². The number of hydrogen-bond acceptors (Lipinski definition) is 12. The summed E-state index contributed by atoms with van der Waals surface area (Å²) in [5.74, 6) is -13.1. The van der Waals surface area contributed by atoms with Gasteiger partial charge in [0.2, 0.25) is 0 Å². The number of rotatable bonds is 0. The van der Waals surface area contributed by atoms with Crippen LogP contribution in [0.25, 0.3) is 0 Å². The van der Waals surface area contributed by atoms with E-state index in [4.69, 9.17) is 59.4 Å². The third-order valence-electron chi connectivity index (χ3n) is 0.500. The van der Waals surface area contributed by atoms with Crippen LogP contribution in [0.5, 0.6) is 0 Å². The van der Waals surface area contributed by atoms with Crippen LogP contribution >= 0.6 is 0 Å². The molecule has 0 aromatic carbocycles. The van der Waals surface area contributed by atoms with Crippen molar-refractivity contribution in [1.82, 2.24) is 0 Å². The largest absolute Gasteiger partial charge is 3.00 e. The molecule has 0 N–H and O–H groups in total. The molecule has 0 saturated carbocycles. The minimum absolute atomic E-state index is 0. The molecule has 0 radical (unpaired) electrons. The molecule has 0 heterocycles. The zero-order valence-corrected chi connectivity index (χ0v) is 11.7. The van der Waals surface area contributed by atoms with Crippen molar-refractivity contribution in [2.24, 2.45) is 0 Å². The van der Waals surface area contributed by atoms with Gasteiger partial charge in [-0.2, -0.15) is 0 Å². The zero-order chi connectivity index (χ0) is 15.5. The average Bonchev–Trinajstić information content (AvgIpc) is 2.18. The van der Waals surface area contributed by atoms with Gasteiger partial charge in [0.15, 0.2) is 0 Å². The maximum Gasteiger partial charge on any atom is 3.00 e. The molecule has 0 fully saturated rings. The van der Waals surface area contributed by atoms with Crippen LogP contribution in [-0.2, 0) is 28.8 Å². The summed E-state index contributed by atoms with van der Waals surface area (Å²) < 4.78 is 0. The van der Waals surface area contributed by atoms with E-state index in [1.807, 2.05) is 0 Å². The average molecular weight is 614 g/mol. The van der Waals surface area contributed by atoms with Crippen molar-refractivity contribution in [2.75, 3.05) is 0 Å². The minimum atomic E-state index is -2.19. The zero-order valence-electron chi connectivity index (χ0n) is 8.42. The fraction of sp³-hybridized carbons (Fsp3) is 0. The van der Waals surface area contributed by atoms with Gasteiger partial charge in [0.25, 0.3) is 0 Å². The molecule has 0 amide bonds. The second-order valence-electron chi connectivity index (χ2n) is 1.72. The predicted octanol–water partition coefficient (Wildman–Crippen LogP) is -10.5. The van der Waals surface area contributed by atoms with E-state index >= 15 is 0 Å². The Bertz CT molecular complexity index is 281. The molecule has 0 spiro atoms. The summed E-state index contributed by atoms with van der Waals surface area (Å²) in [6.07, 6.45) is 0. The Morgan fingerprint density at radius 3 is 0.400 bits per heavy atom. The van der Waals surface area contributed by atoms with E-state index in [-0.39, 0.29) is 73.7 Å². The van der Waals surface area contributed by atoms with Crippen LogP contribution in [0, 0.1) is 73.7 Å². The van der Waals surface area contributed by atoms with Crippen LogP contribution < -0.4 is 30.6 Å². The Morgan fingerprint density at radius 1 is 0.350 bits per heavy atom. The third-order valence-corrected chi connectivity index (χ3v) is 0.500. The fourth-order valence-electron chi connectivity index (χ4n) is 0. The smallest absolute Gasteiger partial charge is 0.543 e. The summed E-state index contributed by atoms with van der Waals surface area (Å²) in [7, 11) is 0. The molecular weight excluding hydrogens is 614 g/mol. The molecule has 0 aliphatic rings. The fourth-order valence-corrected chi connectivity index (χ4v) is 0. The van der Waals surface area contributed by atoms with Gasteiger partial charge in [0.05, 0.1) is 35.8 Å². The van der Waals surface area contributed by atoms with Crippen LogP contribution in [-0.4, -0.2) is 35.8 Å². The van der Waals surface area contributed by atoms with E-state index < -0.39 is 35.8 Å². The first-order valence-corrected chi connectivity index (χ1v) is 3.20. The van der Waals surface area contributed by atoms with Gasteiger partial charge in [-0.05, 0) is 0 Å². The molecule has 126 valence electrons. The Hall–Kier alpha value is -0.712. The molecule has 0 bridgehead atoms. The van der Waals surface area contributed by atoms with Gasteiger partial charge in [-0.15, -0.1) is 0 Å². The van der Waals surface area contributed by atoms with Crippen LogP contribution in [0.3, 0.4) is 0 Å². The summed E-state index contributed by atoms with van der Waals surface area (Å²) in [5, 5.41) is 53.6. The quantitative estimate of drug-likeness (QED) is 0.231. The Morgan fingerprint density at radius 2 is 0.400 bits per heavy atom. The first kappa shape index (κ1) is 31.6. The molecule has 0 aromatic rings. The molecule has 0 aliphatic carbocycles. The number of aliphatic carboxylic acids is 6. The third kappa shape index (κ3) is 36.0. The van der Waals surface area contributed by atoms with E-state index in [1.165, 1.54) is 0 Å². The second-order valence-corrected chi connectivity index (χ2v) is 1.72. The van der Waals surface area contributed by atoms with Crippen LogP contribution in [0.1, 0.15) is 0 Å². The summed E-state index contributed by atoms with van der Waals surface area (Å²) in [5.41, 5.74) is 0. The molecule has 0 atom stereocenters. The van der Waals surface area contributed by atoms with E-state index in [0.29, 0.717) is 0 Å². The maximum atomic E-state index is 8.93. The molecule has 0 saturated heterocycles. The Balaban J connectivity index is -0.0000000536. The predicted molar refractivity (Wildman–Crippen MR) is 30.0 cm³/mol. The molecule has 0 aromatic heterocycles. The van der Waals surface area contributed by atoms with Crippen LogP contribution in [0.4, 0.5) is 0 Å². The SMILES string of the molecule is O=C([O-])C(=O)[O-].O=C([O-])C(=O)[O-].O=C([O-])C(=O)[O-].[Lu+3].[Lu+3]. The van der Waals surface area contributed by atoms with Crippen LogP contribution in [0.2, 0.25) is 0 Å². The van der Waals surface area contributed by atoms with Gasteiger partial charge in [-0.3, -0.25) is 0 Å². The molecule has 14 heteroatoms. The number of carbonyl (C=O) groups excluding carboxylic acids is 6. The van der Waals surface area contributed by atoms with Gasteiger partial charge in [-0.25, -0.2) is 0 Å².